The number of pyridine rings is 1. The number of nitro groups is 1. The minimum atomic E-state index is -0.447. The molecule has 0 aliphatic heterocycles. The van der Waals surface area contributed by atoms with Gasteiger partial charge in [-0.1, -0.05) is 6.42 Å². The van der Waals surface area contributed by atoms with E-state index in [1.807, 2.05) is 0 Å². The number of aryl methyl sites for hydroxylation is 2. The molecule has 0 amide bonds. The van der Waals surface area contributed by atoms with E-state index in [9.17, 15) is 19.7 Å². The van der Waals surface area contributed by atoms with E-state index in [0.717, 1.165) is 59.1 Å². The van der Waals surface area contributed by atoms with Gasteiger partial charge in [0.25, 0.3) is 11.2 Å². The Balaban J connectivity index is 2.15. The fraction of sp³-hybridized carbons (Fsp3) is 0.350. The highest BCUT2D eigenvalue weighted by atomic mass is 16.6. The SMILES string of the molecule is Cn1c(=O)c2c(-c3ccc([N+](=O)[O-])cc3)c3c(nc2n(C)c1=O)CCCCC3. The Morgan fingerprint density at radius 3 is 2.36 bits per heavy atom. The summed E-state index contributed by atoms with van der Waals surface area (Å²) in [7, 11) is 3.06. The third kappa shape index (κ3) is 2.72. The van der Waals surface area contributed by atoms with E-state index in [-0.39, 0.29) is 5.69 Å². The van der Waals surface area contributed by atoms with Crippen LogP contribution in [0.5, 0.6) is 0 Å². The first-order valence-corrected chi connectivity index (χ1v) is 9.26. The predicted molar refractivity (Wildman–Crippen MR) is 106 cm³/mol. The summed E-state index contributed by atoms with van der Waals surface area (Å²) < 4.78 is 2.48. The maximum atomic E-state index is 13.0. The molecule has 28 heavy (non-hydrogen) atoms. The maximum absolute atomic E-state index is 13.0. The van der Waals surface area contributed by atoms with Crippen molar-refractivity contribution in [3.05, 3.63) is 66.5 Å². The molecule has 0 saturated heterocycles. The van der Waals surface area contributed by atoms with Crippen molar-refractivity contribution in [2.75, 3.05) is 0 Å². The Morgan fingerprint density at radius 1 is 1.00 bits per heavy atom. The monoisotopic (exact) mass is 380 g/mol. The lowest BCUT2D eigenvalue weighted by molar-refractivity contribution is -0.384. The summed E-state index contributed by atoms with van der Waals surface area (Å²) >= 11 is 0. The van der Waals surface area contributed by atoms with Crippen molar-refractivity contribution in [3.8, 4) is 11.1 Å². The number of aromatic nitrogens is 3. The normalized spacial score (nSPS) is 13.9. The largest absolute Gasteiger partial charge is 0.332 e. The molecule has 8 heteroatoms. The number of benzene rings is 1. The van der Waals surface area contributed by atoms with Gasteiger partial charge in [-0.3, -0.25) is 24.0 Å². The van der Waals surface area contributed by atoms with Crippen molar-refractivity contribution >= 4 is 16.7 Å². The van der Waals surface area contributed by atoms with Gasteiger partial charge in [-0.25, -0.2) is 9.78 Å². The predicted octanol–water partition coefficient (Wildman–Crippen LogP) is 2.48. The molecule has 8 nitrogen and oxygen atoms in total. The summed E-state index contributed by atoms with van der Waals surface area (Å²) in [4.78, 5) is 40.8. The lowest BCUT2D eigenvalue weighted by atomic mass is 9.93. The molecular formula is C20H20N4O4. The van der Waals surface area contributed by atoms with Crippen LogP contribution >= 0.6 is 0 Å². The van der Waals surface area contributed by atoms with Gasteiger partial charge in [0.15, 0.2) is 0 Å². The van der Waals surface area contributed by atoms with Crippen molar-refractivity contribution in [1.82, 2.24) is 14.1 Å². The number of hydrogen-bond acceptors (Lipinski definition) is 5. The molecule has 0 saturated carbocycles. The average Bonchev–Trinajstić information content (AvgIpc) is 2.94. The van der Waals surface area contributed by atoms with E-state index >= 15 is 0 Å². The molecule has 144 valence electrons. The summed E-state index contributed by atoms with van der Waals surface area (Å²) in [5, 5.41) is 11.4. The lowest BCUT2D eigenvalue weighted by Crippen LogP contribution is -2.37. The fourth-order valence-electron chi connectivity index (χ4n) is 3.99. The van der Waals surface area contributed by atoms with E-state index in [1.54, 1.807) is 19.2 Å². The smallest absolute Gasteiger partial charge is 0.280 e. The molecule has 0 atom stereocenters. The van der Waals surface area contributed by atoms with Gasteiger partial charge in [-0.2, -0.15) is 0 Å². The highest BCUT2D eigenvalue weighted by molar-refractivity contribution is 5.94. The van der Waals surface area contributed by atoms with Gasteiger partial charge in [0.1, 0.15) is 5.65 Å². The van der Waals surface area contributed by atoms with Crippen molar-refractivity contribution in [1.29, 1.82) is 0 Å². The molecule has 1 aliphatic rings. The first kappa shape index (κ1) is 18.1. The molecule has 0 spiro atoms. The Bertz CT molecular complexity index is 1220. The maximum Gasteiger partial charge on any atom is 0.332 e. The van der Waals surface area contributed by atoms with E-state index in [0.29, 0.717) is 11.0 Å². The summed E-state index contributed by atoms with van der Waals surface area (Å²) in [6, 6.07) is 6.22. The summed E-state index contributed by atoms with van der Waals surface area (Å²) in [6.07, 6.45) is 4.64. The van der Waals surface area contributed by atoms with Crippen LogP contribution < -0.4 is 11.2 Å². The number of nitro benzene ring substituents is 1. The fourth-order valence-corrected chi connectivity index (χ4v) is 3.99. The Labute approximate surface area is 160 Å². The van der Waals surface area contributed by atoms with E-state index in [1.165, 1.54) is 23.7 Å². The minimum absolute atomic E-state index is 0.00601. The number of non-ortho nitro benzene ring substituents is 1. The standard InChI is InChI=1S/C20H20N4O4/c1-22-18-17(19(25)23(2)20(22)26)16(12-8-10-13(11-9-12)24(27)28)14-6-4-3-5-7-15(14)21-18/h8-11H,3-7H2,1-2H3. The Morgan fingerprint density at radius 2 is 1.68 bits per heavy atom. The van der Waals surface area contributed by atoms with Gasteiger partial charge in [0.2, 0.25) is 0 Å². The summed E-state index contributed by atoms with van der Waals surface area (Å²) in [5.74, 6) is 0. The van der Waals surface area contributed by atoms with Crippen molar-refractivity contribution in [3.63, 3.8) is 0 Å². The highest BCUT2D eigenvalue weighted by Gasteiger charge is 2.23. The lowest BCUT2D eigenvalue weighted by Gasteiger charge is -2.17. The zero-order valence-electron chi connectivity index (χ0n) is 15.8. The molecule has 3 aromatic rings. The zero-order chi connectivity index (χ0) is 20.0. The first-order valence-electron chi connectivity index (χ1n) is 9.26. The molecule has 4 rings (SSSR count). The van der Waals surface area contributed by atoms with Crippen LogP contribution in [-0.4, -0.2) is 19.0 Å². The highest BCUT2D eigenvalue weighted by Crippen LogP contribution is 2.35. The van der Waals surface area contributed by atoms with Crippen LogP contribution in [0.2, 0.25) is 0 Å². The quantitative estimate of drug-likeness (QED) is 0.386. The van der Waals surface area contributed by atoms with Crippen LogP contribution in [0, 0.1) is 10.1 Å². The second kappa shape index (κ2) is 6.70. The minimum Gasteiger partial charge on any atom is -0.280 e. The van der Waals surface area contributed by atoms with Gasteiger partial charge >= 0.3 is 5.69 Å². The van der Waals surface area contributed by atoms with Crippen LogP contribution in [0.1, 0.15) is 30.5 Å². The molecule has 0 fully saturated rings. The average molecular weight is 380 g/mol. The molecule has 2 aromatic heterocycles. The molecule has 0 bridgehead atoms. The van der Waals surface area contributed by atoms with E-state index < -0.39 is 16.2 Å². The molecule has 0 unspecified atom stereocenters. The van der Waals surface area contributed by atoms with Crippen LogP contribution in [0.15, 0.2) is 33.9 Å². The number of nitrogens with zero attached hydrogens (tertiary/aromatic N) is 4. The molecule has 0 N–H and O–H groups in total. The van der Waals surface area contributed by atoms with Gasteiger partial charge < -0.3 is 0 Å². The van der Waals surface area contributed by atoms with Gasteiger partial charge in [-0.15, -0.1) is 0 Å². The number of hydrogen-bond donors (Lipinski definition) is 0. The van der Waals surface area contributed by atoms with Gasteiger partial charge in [0.05, 0.1) is 10.3 Å². The second-order valence-electron chi connectivity index (χ2n) is 7.18. The third-order valence-electron chi connectivity index (χ3n) is 5.48. The summed E-state index contributed by atoms with van der Waals surface area (Å²) in [6.45, 7) is 0. The Kier molecular flexibility index (Phi) is 4.33. The van der Waals surface area contributed by atoms with Crippen LogP contribution in [0.3, 0.4) is 0 Å². The van der Waals surface area contributed by atoms with Crippen LogP contribution in [0.25, 0.3) is 22.2 Å². The van der Waals surface area contributed by atoms with Crippen molar-refractivity contribution < 1.29 is 4.92 Å². The number of rotatable bonds is 2. The Hall–Kier alpha value is -3.29. The third-order valence-corrected chi connectivity index (χ3v) is 5.48. The topological polar surface area (TPSA) is 100 Å². The molecule has 1 aromatic carbocycles. The van der Waals surface area contributed by atoms with Crippen LogP contribution in [-0.2, 0) is 26.9 Å². The van der Waals surface area contributed by atoms with Gasteiger partial charge in [0, 0.05) is 37.5 Å². The molecular weight excluding hydrogens is 360 g/mol. The van der Waals surface area contributed by atoms with Crippen molar-refractivity contribution in [2.24, 2.45) is 14.1 Å². The van der Waals surface area contributed by atoms with Gasteiger partial charge in [-0.05, 0) is 48.9 Å². The first-order chi connectivity index (χ1) is 13.4. The van der Waals surface area contributed by atoms with Crippen LogP contribution in [0.4, 0.5) is 5.69 Å². The molecule has 1 aliphatic carbocycles. The van der Waals surface area contributed by atoms with Crippen molar-refractivity contribution in [2.45, 2.75) is 32.1 Å². The van der Waals surface area contributed by atoms with E-state index in [2.05, 4.69) is 0 Å². The molecule has 0 radical (unpaired) electrons. The van der Waals surface area contributed by atoms with E-state index in [4.69, 9.17) is 4.98 Å². The second-order valence-corrected chi connectivity index (χ2v) is 7.18. The number of fused-ring (bicyclic) bond motifs is 2. The molecule has 2 heterocycles. The summed E-state index contributed by atoms with van der Waals surface area (Å²) in [5.41, 5.74) is 2.92. The zero-order valence-corrected chi connectivity index (χ0v) is 15.8.